The van der Waals surface area contributed by atoms with E-state index in [1.54, 1.807) is 0 Å². The van der Waals surface area contributed by atoms with Crippen LogP contribution in [0.3, 0.4) is 0 Å². The predicted molar refractivity (Wildman–Crippen MR) is 240 cm³/mol. The molecular formula is C49H84N2O7. The Hall–Kier alpha value is -3.46. The molecule has 0 rings (SSSR count). The molecule has 0 aromatic heterocycles. The molecule has 9 heteroatoms. The van der Waals surface area contributed by atoms with Crippen LogP contribution < -0.4 is 10.6 Å². The van der Waals surface area contributed by atoms with Gasteiger partial charge < -0.3 is 25.6 Å². The van der Waals surface area contributed by atoms with Crippen molar-refractivity contribution in [2.24, 2.45) is 0 Å². The molecule has 2 amide bonds. The van der Waals surface area contributed by atoms with Crippen LogP contribution in [0.2, 0.25) is 0 Å². The summed E-state index contributed by atoms with van der Waals surface area (Å²) in [6.45, 7) is 3.36. The third-order valence-corrected chi connectivity index (χ3v) is 10.00. The number of ether oxygens (including phenoxy) is 1. The van der Waals surface area contributed by atoms with E-state index >= 15 is 0 Å². The molecule has 0 aliphatic heterocycles. The highest BCUT2D eigenvalue weighted by Crippen LogP contribution is 2.18. The number of hydrogen-bond acceptors (Lipinski definition) is 6. The number of carboxylic acids is 1. The number of unbranched alkanes of at least 4 members (excludes halogenated alkanes) is 17. The number of aliphatic hydroxyl groups is 1. The van der Waals surface area contributed by atoms with Crippen molar-refractivity contribution >= 4 is 23.8 Å². The Morgan fingerprint density at radius 3 is 1.57 bits per heavy atom. The van der Waals surface area contributed by atoms with Gasteiger partial charge in [0.05, 0.1) is 13.2 Å². The molecule has 0 saturated carbocycles. The van der Waals surface area contributed by atoms with Crippen LogP contribution in [0.5, 0.6) is 0 Å². The van der Waals surface area contributed by atoms with E-state index in [4.69, 9.17) is 14.9 Å². The zero-order chi connectivity index (χ0) is 42.6. The Balaban J connectivity index is 4.33. The molecule has 0 aliphatic rings. The molecule has 58 heavy (non-hydrogen) atoms. The molecule has 332 valence electrons. The average molecular weight is 813 g/mol. The molecule has 0 heterocycles. The number of aliphatic carboxylic acids is 1. The van der Waals surface area contributed by atoms with Gasteiger partial charge in [-0.15, -0.1) is 0 Å². The molecule has 0 aromatic carbocycles. The molecule has 9 nitrogen and oxygen atoms in total. The maximum atomic E-state index is 12.8. The van der Waals surface area contributed by atoms with Crippen LogP contribution in [0.25, 0.3) is 0 Å². The molecule has 0 saturated heterocycles. The van der Waals surface area contributed by atoms with Crippen molar-refractivity contribution in [3.8, 4) is 0 Å². The summed E-state index contributed by atoms with van der Waals surface area (Å²) in [5.41, 5.74) is 0. The largest absolute Gasteiger partial charge is 0.480 e. The maximum Gasteiger partial charge on any atom is 0.328 e. The van der Waals surface area contributed by atoms with Crippen LogP contribution in [-0.4, -0.2) is 59.3 Å². The Bertz CT molecular complexity index is 1160. The molecule has 2 unspecified atom stereocenters. The summed E-state index contributed by atoms with van der Waals surface area (Å²) in [7, 11) is 0. The number of hydrogen-bond donors (Lipinski definition) is 4. The predicted octanol–water partition coefficient (Wildman–Crippen LogP) is 11.7. The van der Waals surface area contributed by atoms with Gasteiger partial charge in [-0.3, -0.25) is 14.4 Å². The molecular weight excluding hydrogens is 729 g/mol. The zero-order valence-electron chi connectivity index (χ0n) is 36.8. The Labute approximate surface area is 353 Å². The van der Waals surface area contributed by atoms with Gasteiger partial charge in [0.1, 0.15) is 12.1 Å². The van der Waals surface area contributed by atoms with Gasteiger partial charge >= 0.3 is 11.9 Å². The van der Waals surface area contributed by atoms with Crippen LogP contribution in [-0.2, 0) is 23.9 Å². The Morgan fingerprint density at radius 1 is 0.534 bits per heavy atom. The Morgan fingerprint density at radius 2 is 1.00 bits per heavy atom. The molecule has 2 atom stereocenters. The highest BCUT2D eigenvalue weighted by Gasteiger charge is 2.19. The number of nitrogens with one attached hydrogen (secondary N) is 2. The van der Waals surface area contributed by atoms with E-state index in [0.717, 1.165) is 109 Å². The molecule has 4 N–H and O–H groups in total. The van der Waals surface area contributed by atoms with Crippen LogP contribution in [0.15, 0.2) is 60.8 Å². The van der Waals surface area contributed by atoms with Crippen molar-refractivity contribution in [2.75, 3.05) is 13.2 Å². The van der Waals surface area contributed by atoms with Crippen LogP contribution in [0.1, 0.15) is 200 Å². The Kier molecular flexibility index (Phi) is 40.6. The van der Waals surface area contributed by atoms with E-state index in [1.165, 1.54) is 57.8 Å². The van der Waals surface area contributed by atoms with Gasteiger partial charge in [-0.2, -0.15) is 0 Å². The summed E-state index contributed by atoms with van der Waals surface area (Å²) in [4.78, 5) is 47.6. The second-order valence-corrected chi connectivity index (χ2v) is 15.5. The minimum Gasteiger partial charge on any atom is -0.480 e. The summed E-state index contributed by atoms with van der Waals surface area (Å²) in [6.07, 6.45) is 52.5. The van der Waals surface area contributed by atoms with E-state index in [1.807, 2.05) is 0 Å². The van der Waals surface area contributed by atoms with E-state index in [-0.39, 0.29) is 30.9 Å². The minimum atomic E-state index is -1.39. The fraction of sp³-hybridized carbons (Fsp3) is 0.714. The van der Waals surface area contributed by atoms with E-state index in [9.17, 15) is 19.2 Å². The SMILES string of the molecule is CC/C=C\C/C=C\C/C=C\C/C=C\CCCCCCCCC(=O)OC(CCC/C=C\CCCCCCCC)CCCCCCCC(=O)NCC(=O)NC(CO)C(=O)O. The minimum absolute atomic E-state index is 0.0543. The average Bonchev–Trinajstić information content (AvgIpc) is 3.21. The molecule has 0 spiro atoms. The van der Waals surface area contributed by atoms with Crippen molar-refractivity contribution in [3.63, 3.8) is 0 Å². The zero-order valence-corrected chi connectivity index (χ0v) is 36.8. The number of rotatable bonds is 41. The summed E-state index contributed by atoms with van der Waals surface area (Å²) in [6, 6.07) is -1.39. The number of aliphatic hydroxyl groups excluding tert-OH is 1. The van der Waals surface area contributed by atoms with E-state index in [0.29, 0.717) is 12.8 Å². The lowest BCUT2D eigenvalue weighted by molar-refractivity contribution is -0.150. The van der Waals surface area contributed by atoms with Crippen molar-refractivity contribution in [2.45, 2.75) is 212 Å². The first-order chi connectivity index (χ1) is 28.3. The normalized spacial score (nSPS) is 13.0. The lowest BCUT2D eigenvalue weighted by Gasteiger charge is -2.18. The van der Waals surface area contributed by atoms with Crippen molar-refractivity contribution < 1.29 is 34.1 Å². The first-order valence-corrected chi connectivity index (χ1v) is 23.2. The van der Waals surface area contributed by atoms with Gasteiger partial charge in [0.15, 0.2) is 0 Å². The number of carbonyl (C=O) groups excluding carboxylic acids is 3. The second kappa shape index (κ2) is 43.1. The monoisotopic (exact) mass is 813 g/mol. The molecule has 0 fully saturated rings. The molecule has 0 radical (unpaired) electrons. The maximum absolute atomic E-state index is 12.8. The summed E-state index contributed by atoms with van der Waals surface area (Å²) >= 11 is 0. The fourth-order valence-corrected chi connectivity index (χ4v) is 6.47. The number of amides is 2. The van der Waals surface area contributed by atoms with Crippen molar-refractivity contribution in [3.05, 3.63) is 60.8 Å². The molecule has 0 aliphatic carbocycles. The number of esters is 1. The van der Waals surface area contributed by atoms with Crippen LogP contribution in [0, 0.1) is 0 Å². The second-order valence-electron chi connectivity index (χ2n) is 15.5. The van der Waals surface area contributed by atoms with Gasteiger partial charge in [0.25, 0.3) is 0 Å². The number of carboxylic acid groups (broad SMARTS) is 1. The smallest absolute Gasteiger partial charge is 0.328 e. The van der Waals surface area contributed by atoms with Gasteiger partial charge in [-0.25, -0.2) is 4.79 Å². The molecule has 0 aromatic rings. The van der Waals surface area contributed by atoms with Gasteiger partial charge in [0.2, 0.25) is 11.8 Å². The van der Waals surface area contributed by atoms with Crippen LogP contribution >= 0.6 is 0 Å². The van der Waals surface area contributed by atoms with Crippen molar-refractivity contribution in [1.82, 2.24) is 10.6 Å². The van der Waals surface area contributed by atoms with E-state index < -0.39 is 24.5 Å². The standard InChI is InChI=1S/C49H84N2O7/c1-3-5-7-9-11-13-15-16-17-18-19-20-21-22-24-26-28-33-37-41-48(55)58-44(38-34-30-27-25-23-14-12-10-8-6-4-2)39-35-31-29-32-36-40-46(53)50-42-47(54)51-45(43-52)49(56)57/h5,7,11,13,16-17,19-20,25,27,44-45,52H,3-4,6,8-10,12,14-15,18,21-24,26,28-43H2,1-2H3,(H,50,53)(H,51,54)(H,56,57)/b7-5-,13-11-,17-16-,20-19-,27-25-. The third-order valence-electron chi connectivity index (χ3n) is 10.00. The lowest BCUT2D eigenvalue weighted by atomic mass is 10.0. The van der Waals surface area contributed by atoms with Gasteiger partial charge in [-0.05, 0) is 96.3 Å². The highest BCUT2D eigenvalue weighted by atomic mass is 16.5. The third kappa shape index (κ3) is 39.4. The van der Waals surface area contributed by atoms with Crippen molar-refractivity contribution in [1.29, 1.82) is 0 Å². The van der Waals surface area contributed by atoms with E-state index in [2.05, 4.69) is 85.2 Å². The lowest BCUT2D eigenvalue weighted by Crippen LogP contribution is -2.47. The fourth-order valence-electron chi connectivity index (χ4n) is 6.47. The van der Waals surface area contributed by atoms with Crippen LogP contribution in [0.4, 0.5) is 0 Å². The number of carbonyl (C=O) groups is 4. The first kappa shape index (κ1) is 54.5. The van der Waals surface area contributed by atoms with Gasteiger partial charge in [-0.1, -0.05) is 152 Å². The topological polar surface area (TPSA) is 142 Å². The quantitative estimate of drug-likeness (QED) is 0.0273. The number of allylic oxidation sites excluding steroid dienone is 10. The molecule has 0 bridgehead atoms. The summed E-state index contributed by atoms with van der Waals surface area (Å²) in [5, 5.41) is 22.6. The first-order valence-electron chi connectivity index (χ1n) is 23.2. The van der Waals surface area contributed by atoms with Gasteiger partial charge in [0, 0.05) is 12.8 Å². The highest BCUT2D eigenvalue weighted by molar-refractivity contribution is 5.87. The summed E-state index contributed by atoms with van der Waals surface area (Å²) in [5.74, 6) is -2.33. The summed E-state index contributed by atoms with van der Waals surface area (Å²) < 4.78 is 6.02.